The summed E-state index contributed by atoms with van der Waals surface area (Å²) in [6.07, 6.45) is 3.39. The van der Waals surface area contributed by atoms with E-state index < -0.39 is 0 Å². The van der Waals surface area contributed by atoms with Gasteiger partial charge in [-0.25, -0.2) is 4.68 Å². The SMILES string of the molecule is CC(C)(C)C1CCc2nn(C(C)(C)C)c(N)c2C1. The van der Waals surface area contributed by atoms with Crippen molar-refractivity contribution < 1.29 is 0 Å². The number of hydrogen-bond donors (Lipinski definition) is 1. The van der Waals surface area contributed by atoms with Crippen molar-refractivity contribution in [1.82, 2.24) is 9.78 Å². The van der Waals surface area contributed by atoms with Gasteiger partial charge in [-0.05, 0) is 51.4 Å². The zero-order valence-electron chi connectivity index (χ0n) is 12.7. The maximum absolute atomic E-state index is 6.32. The van der Waals surface area contributed by atoms with E-state index in [9.17, 15) is 0 Å². The van der Waals surface area contributed by atoms with Gasteiger partial charge in [0, 0.05) is 5.56 Å². The highest BCUT2D eigenvalue weighted by Gasteiger charge is 2.33. The van der Waals surface area contributed by atoms with Gasteiger partial charge in [0.2, 0.25) is 0 Å². The van der Waals surface area contributed by atoms with Crippen LogP contribution in [0.1, 0.15) is 59.2 Å². The number of aryl methyl sites for hydroxylation is 1. The third-order valence-electron chi connectivity index (χ3n) is 4.15. The maximum atomic E-state index is 6.32. The highest BCUT2D eigenvalue weighted by Crippen LogP contribution is 2.39. The molecule has 0 fully saturated rings. The van der Waals surface area contributed by atoms with Gasteiger partial charge in [0.05, 0.1) is 11.2 Å². The predicted molar refractivity (Wildman–Crippen MR) is 76.6 cm³/mol. The van der Waals surface area contributed by atoms with Crippen molar-refractivity contribution in [2.24, 2.45) is 11.3 Å². The number of anilines is 1. The van der Waals surface area contributed by atoms with Crippen LogP contribution >= 0.6 is 0 Å². The van der Waals surface area contributed by atoms with Crippen molar-refractivity contribution in [3.8, 4) is 0 Å². The Hall–Kier alpha value is -0.990. The number of nitrogen functional groups attached to an aromatic ring is 1. The van der Waals surface area contributed by atoms with Crippen LogP contribution in [0, 0.1) is 11.3 Å². The molecule has 2 N–H and O–H groups in total. The molecule has 0 saturated carbocycles. The van der Waals surface area contributed by atoms with Gasteiger partial charge in [-0.1, -0.05) is 20.8 Å². The van der Waals surface area contributed by atoms with Crippen LogP contribution in [0.3, 0.4) is 0 Å². The summed E-state index contributed by atoms with van der Waals surface area (Å²) >= 11 is 0. The molecule has 0 saturated heterocycles. The molecule has 1 atom stereocenters. The molecule has 0 radical (unpaired) electrons. The van der Waals surface area contributed by atoms with E-state index >= 15 is 0 Å². The van der Waals surface area contributed by atoms with Crippen molar-refractivity contribution in [3.63, 3.8) is 0 Å². The summed E-state index contributed by atoms with van der Waals surface area (Å²) < 4.78 is 2.00. The highest BCUT2D eigenvalue weighted by atomic mass is 15.3. The second kappa shape index (κ2) is 4.01. The number of nitrogens with zero attached hydrogens (tertiary/aromatic N) is 2. The lowest BCUT2D eigenvalue weighted by Crippen LogP contribution is -2.27. The van der Waals surface area contributed by atoms with E-state index in [2.05, 4.69) is 41.5 Å². The quantitative estimate of drug-likeness (QED) is 0.766. The van der Waals surface area contributed by atoms with Crippen LogP contribution in [0.4, 0.5) is 5.82 Å². The molecule has 3 nitrogen and oxygen atoms in total. The second-order valence-electron chi connectivity index (χ2n) is 7.70. The third-order valence-corrected chi connectivity index (χ3v) is 4.15. The largest absolute Gasteiger partial charge is 0.384 e. The van der Waals surface area contributed by atoms with Crippen LogP contribution in [0.2, 0.25) is 0 Å². The first-order valence-electron chi connectivity index (χ1n) is 6.97. The molecule has 1 aliphatic rings. The van der Waals surface area contributed by atoms with E-state index in [1.54, 1.807) is 0 Å². The van der Waals surface area contributed by atoms with Gasteiger partial charge < -0.3 is 5.73 Å². The minimum Gasteiger partial charge on any atom is -0.384 e. The van der Waals surface area contributed by atoms with E-state index in [0.29, 0.717) is 11.3 Å². The van der Waals surface area contributed by atoms with Crippen LogP contribution in [-0.2, 0) is 18.4 Å². The van der Waals surface area contributed by atoms with E-state index in [1.807, 2.05) is 4.68 Å². The number of rotatable bonds is 0. The Morgan fingerprint density at radius 1 is 1.17 bits per heavy atom. The Bertz CT molecular complexity index is 444. The van der Waals surface area contributed by atoms with Crippen LogP contribution in [0.5, 0.6) is 0 Å². The molecule has 1 aromatic heterocycles. The molecule has 0 bridgehead atoms. The van der Waals surface area contributed by atoms with Crippen molar-refractivity contribution in [1.29, 1.82) is 0 Å². The topological polar surface area (TPSA) is 43.8 Å². The predicted octanol–water partition coefficient (Wildman–Crippen LogP) is 3.37. The Labute approximate surface area is 111 Å². The van der Waals surface area contributed by atoms with Gasteiger partial charge in [-0.2, -0.15) is 5.10 Å². The Kier molecular flexibility index (Phi) is 2.99. The standard InChI is InChI=1S/C15H27N3/c1-14(2,3)10-7-8-12-11(9-10)13(16)18(17-12)15(4,5)6/h10H,7-9,16H2,1-6H3. The Morgan fingerprint density at radius 3 is 2.28 bits per heavy atom. The average Bonchev–Trinajstić information content (AvgIpc) is 2.54. The normalized spacial score (nSPS) is 20.9. The average molecular weight is 249 g/mol. The summed E-state index contributed by atoms with van der Waals surface area (Å²) in [6.45, 7) is 13.4. The number of nitrogens with two attached hydrogens (primary N) is 1. The third kappa shape index (κ3) is 2.27. The van der Waals surface area contributed by atoms with E-state index in [1.165, 1.54) is 17.7 Å². The molecule has 0 aromatic carbocycles. The molecule has 102 valence electrons. The first kappa shape index (κ1) is 13.4. The zero-order chi connectivity index (χ0) is 13.7. The summed E-state index contributed by atoms with van der Waals surface area (Å²) in [7, 11) is 0. The van der Waals surface area contributed by atoms with E-state index in [-0.39, 0.29) is 5.54 Å². The van der Waals surface area contributed by atoms with Gasteiger partial charge in [0.1, 0.15) is 5.82 Å². The highest BCUT2D eigenvalue weighted by molar-refractivity contribution is 5.46. The first-order valence-corrected chi connectivity index (χ1v) is 6.97. The van der Waals surface area contributed by atoms with Crippen LogP contribution in [0.25, 0.3) is 0 Å². The van der Waals surface area contributed by atoms with Gasteiger partial charge >= 0.3 is 0 Å². The van der Waals surface area contributed by atoms with E-state index in [4.69, 9.17) is 10.8 Å². The smallest absolute Gasteiger partial charge is 0.125 e. The minimum atomic E-state index is -0.0291. The van der Waals surface area contributed by atoms with Crippen molar-refractivity contribution in [3.05, 3.63) is 11.3 Å². The molecule has 18 heavy (non-hydrogen) atoms. The monoisotopic (exact) mass is 249 g/mol. The molecule has 0 amide bonds. The van der Waals surface area contributed by atoms with Crippen molar-refractivity contribution in [2.75, 3.05) is 5.73 Å². The zero-order valence-corrected chi connectivity index (χ0v) is 12.7. The summed E-state index contributed by atoms with van der Waals surface area (Å²) in [5.74, 6) is 1.59. The van der Waals surface area contributed by atoms with Crippen LogP contribution in [0.15, 0.2) is 0 Å². The summed E-state index contributed by atoms with van der Waals surface area (Å²) in [6, 6.07) is 0. The van der Waals surface area contributed by atoms with Gasteiger partial charge in [-0.15, -0.1) is 0 Å². The summed E-state index contributed by atoms with van der Waals surface area (Å²) in [4.78, 5) is 0. The molecule has 0 spiro atoms. The van der Waals surface area contributed by atoms with Gasteiger partial charge in [-0.3, -0.25) is 0 Å². The number of fused-ring (bicyclic) bond motifs is 1. The fraction of sp³-hybridized carbons (Fsp3) is 0.800. The molecule has 1 aliphatic carbocycles. The molecule has 0 aliphatic heterocycles. The fourth-order valence-corrected chi connectivity index (χ4v) is 2.84. The second-order valence-corrected chi connectivity index (χ2v) is 7.70. The Balaban J connectivity index is 2.37. The minimum absolute atomic E-state index is 0.0291. The van der Waals surface area contributed by atoms with Crippen LogP contribution in [-0.4, -0.2) is 9.78 Å². The lowest BCUT2D eigenvalue weighted by molar-refractivity contribution is 0.215. The lowest BCUT2D eigenvalue weighted by atomic mass is 9.72. The molecule has 3 heteroatoms. The molecule has 2 rings (SSSR count). The van der Waals surface area contributed by atoms with Crippen molar-refractivity contribution in [2.45, 2.75) is 66.3 Å². The number of hydrogen-bond acceptors (Lipinski definition) is 2. The lowest BCUT2D eigenvalue weighted by Gasteiger charge is -2.33. The first-order chi connectivity index (χ1) is 8.10. The van der Waals surface area contributed by atoms with Crippen molar-refractivity contribution >= 4 is 5.82 Å². The van der Waals surface area contributed by atoms with Crippen LogP contribution < -0.4 is 5.73 Å². The molecule has 1 unspecified atom stereocenters. The van der Waals surface area contributed by atoms with E-state index in [0.717, 1.165) is 18.7 Å². The van der Waals surface area contributed by atoms with Gasteiger partial charge in [0.25, 0.3) is 0 Å². The molecular formula is C15H27N3. The van der Waals surface area contributed by atoms with Gasteiger partial charge in [0.15, 0.2) is 0 Å². The number of aromatic nitrogens is 2. The molecular weight excluding hydrogens is 222 g/mol. The molecule has 1 aromatic rings. The summed E-state index contributed by atoms with van der Waals surface area (Å²) in [5, 5.41) is 4.73. The Morgan fingerprint density at radius 2 is 1.78 bits per heavy atom. The summed E-state index contributed by atoms with van der Waals surface area (Å²) in [5.41, 5.74) is 9.17. The fourth-order valence-electron chi connectivity index (χ4n) is 2.84. The molecule has 1 heterocycles. The maximum Gasteiger partial charge on any atom is 0.125 e.